The van der Waals surface area contributed by atoms with Crippen LogP contribution in [0.3, 0.4) is 0 Å². The lowest BCUT2D eigenvalue weighted by Gasteiger charge is -1.88. The van der Waals surface area contributed by atoms with Crippen molar-refractivity contribution >= 4 is 27.7 Å². The van der Waals surface area contributed by atoms with Crippen LogP contribution in [-0.2, 0) is 5.75 Å². The monoisotopic (exact) mass is 221 g/mol. The average molecular weight is 222 g/mol. The van der Waals surface area contributed by atoms with Crippen molar-refractivity contribution in [3.05, 3.63) is 15.9 Å². The van der Waals surface area contributed by atoms with Gasteiger partial charge in [-0.15, -0.1) is 0 Å². The first-order valence-corrected chi connectivity index (χ1v) is 5.04. The summed E-state index contributed by atoms with van der Waals surface area (Å²) in [5.74, 6) is 1.80. The molecule has 0 saturated heterocycles. The molecule has 0 saturated carbocycles. The van der Waals surface area contributed by atoms with Crippen molar-refractivity contribution in [3.63, 3.8) is 0 Å². The average Bonchev–Trinajstić information content (AvgIpc) is 2.20. The topological polar surface area (TPSA) is 26.0 Å². The van der Waals surface area contributed by atoms with Gasteiger partial charge in [0.25, 0.3) is 0 Å². The van der Waals surface area contributed by atoms with Crippen LogP contribution < -0.4 is 0 Å². The number of hydrogen-bond donors (Lipinski definition) is 0. The zero-order valence-corrected chi connectivity index (χ0v) is 8.25. The van der Waals surface area contributed by atoms with E-state index < -0.39 is 0 Å². The van der Waals surface area contributed by atoms with Gasteiger partial charge in [0.2, 0.25) is 0 Å². The Morgan fingerprint density at radius 3 is 2.80 bits per heavy atom. The Labute approximate surface area is 72.5 Å². The maximum absolute atomic E-state index is 5.02. The lowest BCUT2D eigenvalue weighted by molar-refractivity contribution is 0.390. The highest BCUT2D eigenvalue weighted by molar-refractivity contribution is 9.10. The maximum atomic E-state index is 5.02. The molecule has 0 atom stereocenters. The van der Waals surface area contributed by atoms with Gasteiger partial charge in [0.15, 0.2) is 5.76 Å². The predicted octanol–water partition coefficient (Wildman–Crippen LogP) is 2.61. The quantitative estimate of drug-likeness (QED) is 0.769. The summed E-state index contributed by atoms with van der Waals surface area (Å²) in [6, 6.07) is 0. The Morgan fingerprint density at radius 2 is 2.40 bits per heavy atom. The molecule has 0 aliphatic carbocycles. The number of rotatable bonds is 2. The van der Waals surface area contributed by atoms with Crippen LogP contribution in [0.15, 0.2) is 9.00 Å². The predicted molar refractivity (Wildman–Crippen MR) is 46.2 cm³/mol. The minimum Gasteiger partial charge on any atom is -0.359 e. The molecule has 0 amide bonds. The van der Waals surface area contributed by atoms with Crippen molar-refractivity contribution in [2.24, 2.45) is 0 Å². The van der Waals surface area contributed by atoms with E-state index >= 15 is 0 Å². The summed E-state index contributed by atoms with van der Waals surface area (Å²) in [4.78, 5) is 0. The molecule has 0 bridgehead atoms. The van der Waals surface area contributed by atoms with Crippen molar-refractivity contribution in [2.45, 2.75) is 12.7 Å². The third-order valence-corrected chi connectivity index (χ3v) is 2.70. The van der Waals surface area contributed by atoms with Crippen molar-refractivity contribution in [2.75, 3.05) is 6.26 Å². The first-order valence-electron chi connectivity index (χ1n) is 2.85. The molecule has 1 rings (SSSR count). The van der Waals surface area contributed by atoms with Crippen LogP contribution in [0.5, 0.6) is 0 Å². The number of halogens is 1. The van der Waals surface area contributed by atoms with Crippen LogP contribution in [0, 0.1) is 6.92 Å². The summed E-state index contributed by atoms with van der Waals surface area (Å²) >= 11 is 5.10. The normalized spacial score (nSPS) is 10.3. The highest BCUT2D eigenvalue weighted by Crippen LogP contribution is 2.23. The molecule has 0 aromatic carbocycles. The highest BCUT2D eigenvalue weighted by atomic mass is 79.9. The molecule has 2 nitrogen and oxygen atoms in total. The van der Waals surface area contributed by atoms with E-state index in [9.17, 15) is 0 Å². The van der Waals surface area contributed by atoms with Crippen LogP contribution in [0.1, 0.15) is 11.5 Å². The minimum absolute atomic E-state index is 0.876. The van der Waals surface area contributed by atoms with Gasteiger partial charge in [0.05, 0.1) is 15.9 Å². The highest BCUT2D eigenvalue weighted by Gasteiger charge is 2.07. The molecule has 0 spiro atoms. The van der Waals surface area contributed by atoms with E-state index in [4.69, 9.17) is 4.52 Å². The minimum atomic E-state index is 0.876. The van der Waals surface area contributed by atoms with Crippen LogP contribution in [0.25, 0.3) is 0 Å². The van der Waals surface area contributed by atoms with Gasteiger partial charge in [0.1, 0.15) is 0 Å². The fourth-order valence-electron chi connectivity index (χ4n) is 0.626. The van der Waals surface area contributed by atoms with E-state index in [0.29, 0.717) is 0 Å². The summed E-state index contributed by atoms with van der Waals surface area (Å²) in [5, 5.41) is 3.80. The second-order valence-corrected chi connectivity index (χ2v) is 3.60. The summed E-state index contributed by atoms with van der Waals surface area (Å²) in [6.07, 6.45) is 2.03. The molecular formula is C6H8BrNOS. The molecule has 10 heavy (non-hydrogen) atoms. The molecule has 0 aliphatic heterocycles. The van der Waals surface area contributed by atoms with Crippen molar-refractivity contribution < 1.29 is 4.52 Å². The molecule has 1 aromatic heterocycles. The Kier molecular flexibility index (Phi) is 2.80. The van der Waals surface area contributed by atoms with Gasteiger partial charge >= 0.3 is 0 Å². The van der Waals surface area contributed by atoms with Gasteiger partial charge in [-0.25, -0.2) is 0 Å². The van der Waals surface area contributed by atoms with Crippen molar-refractivity contribution in [3.8, 4) is 0 Å². The van der Waals surface area contributed by atoms with Gasteiger partial charge < -0.3 is 4.52 Å². The van der Waals surface area contributed by atoms with Gasteiger partial charge in [-0.05, 0) is 29.1 Å². The van der Waals surface area contributed by atoms with Gasteiger partial charge in [-0.1, -0.05) is 5.16 Å². The molecule has 4 heteroatoms. The molecular weight excluding hydrogens is 214 g/mol. The summed E-state index contributed by atoms with van der Waals surface area (Å²) < 4.78 is 6.02. The zero-order chi connectivity index (χ0) is 7.56. The van der Waals surface area contributed by atoms with Gasteiger partial charge in [-0.3, -0.25) is 0 Å². The fraction of sp³-hybridized carbons (Fsp3) is 0.500. The zero-order valence-electron chi connectivity index (χ0n) is 5.85. The third-order valence-electron chi connectivity index (χ3n) is 1.13. The molecule has 0 radical (unpaired) electrons. The van der Waals surface area contributed by atoms with Crippen LogP contribution >= 0.6 is 27.7 Å². The fourth-order valence-corrected chi connectivity index (χ4v) is 1.56. The molecule has 0 N–H and O–H groups in total. The van der Waals surface area contributed by atoms with E-state index in [1.165, 1.54) is 0 Å². The second kappa shape index (κ2) is 3.44. The van der Waals surface area contributed by atoms with E-state index in [0.717, 1.165) is 21.7 Å². The third kappa shape index (κ3) is 1.55. The van der Waals surface area contributed by atoms with Crippen molar-refractivity contribution in [1.29, 1.82) is 0 Å². The lowest BCUT2D eigenvalue weighted by atomic mass is 10.4. The Hall–Kier alpha value is 0.0400. The standard InChI is InChI=1S/C6H8BrNOS/c1-4-6(7)5(3-10-2)9-8-4/h3H2,1-2H3. The molecule has 1 heterocycles. The largest absolute Gasteiger partial charge is 0.359 e. The van der Waals surface area contributed by atoms with Crippen molar-refractivity contribution in [1.82, 2.24) is 5.16 Å². The molecule has 0 fully saturated rings. The lowest BCUT2D eigenvalue weighted by Crippen LogP contribution is -1.74. The number of nitrogens with zero attached hydrogens (tertiary/aromatic N) is 1. The second-order valence-electron chi connectivity index (χ2n) is 1.94. The summed E-state index contributed by atoms with van der Waals surface area (Å²) in [6.45, 7) is 1.91. The molecule has 0 aliphatic rings. The number of thioether (sulfide) groups is 1. The SMILES string of the molecule is CSCc1onc(C)c1Br. The number of aromatic nitrogens is 1. The van der Waals surface area contributed by atoms with Crippen LogP contribution in [-0.4, -0.2) is 11.4 Å². The molecule has 0 unspecified atom stereocenters. The van der Waals surface area contributed by atoms with E-state index in [1.807, 2.05) is 13.2 Å². The van der Waals surface area contributed by atoms with E-state index in [2.05, 4.69) is 21.1 Å². The van der Waals surface area contributed by atoms with Crippen LogP contribution in [0.2, 0.25) is 0 Å². The van der Waals surface area contributed by atoms with E-state index in [-0.39, 0.29) is 0 Å². The first-order chi connectivity index (χ1) is 4.75. The number of aryl methyl sites for hydroxylation is 1. The number of hydrogen-bond acceptors (Lipinski definition) is 3. The smallest absolute Gasteiger partial charge is 0.161 e. The summed E-state index contributed by atoms with van der Waals surface area (Å²) in [5.41, 5.74) is 0.920. The Balaban J connectivity index is 2.83. The molecule has 56 valence electrons. The summed E-state index contributed by atoms with van der Waals surface area (Å²) in [7, 11) is 0. The first kappa shape index (κ1) is 8.14. The maximum Gasteiger partial charge on any atom is 0.161 e. The van der Waals surface area contributed by atoms with E-state index in [1.54, 1.807) is 11.8 Å². The van der Waals surface area contributed by atoms with Crippen LogP contribution in [0.4, 0.5) is 0 Å². The Morgan fingerprint density at radius 1 is 1.70 bits per heavy atom. The molecule has 1 aromatic rings. The van der Waals surface area contributed by atoms with Gasteiger partial charge in [-0.2, -0.15) is 11.8 Å². The van der Waals surface area contributed by atoms with Gasteiger partial charge in [0, 0.05) is 0 Å². The Bertz CT molecular complexity index is 224.